The molecule has 1 saturated heterocycles. The fourth-order valence-corrected chi connectivity index (χ4v) is 2.48. The monoisotopic (exact) mass is 278 g/mol. The van der Waals surface area contributed by atoms with Crippen LogP contribution in [0.3, 0.4) is 0 Å². The van der Waals surface area contributed by atoms with Gasteiger partial charge >= 0.3 is 0 Å². The van der Waals surface area contributed by atoms with Gasteiger partial charge in [-0.2, -0.15) is 0 Å². The van der Waals surface area contributed by atoms with Gasteiger partial charge in [0.1, 0.15) is 0 Å². The van der Waals surface area contributed by atoms with Gasteiger partial charge in [0.2, 0.25) is 5.91 Å². The van der Waals surface area contributed by atoms with Crippen molar-refractivity contribution in [1.29, 1.82) is 0 Å². The average Bonchev–Trinajstić information content (AvgIpc) is 2.76. The maximum absolute atomic E-state index is 12.0. The Bertz CT molecular complexity index is 251. The van der Waals surface area contributed by atoms with Crippen LogP contribution in [-0.4, -0.2) is 35.7 Å². The van der Waals surface area contributed by atoms with Gasteiger partial charge in [-0.25, -0.2) is 0 Å². The zero-order chi connectivity index (χ0) is 12.9. The Kier molecular flexibility index (Phi) is 7.83. The molecule has 0 aliphatic carbocycles. The number of hydrogen-bond donors (Lipinski definition) is 3. The third kappa shape index (κ3) is 4.41. The van der Waals surface area contributed by atoms with E-state index in [1.54, 1.807) is 0 Å². The summed E-state index contributed by atoms with van der Waals surface area (Å²) in [7, 11) is 0. The normalized spacial score (nSPS) is 24.7. The van der Waals surface area contributed by atoms with Crippen molar-refractivity contribution < 1.29 is 9.90 Å². The Morgan fingerprint density at radius 3 is 2.50 bits per heavy atom. The van der Waals surface area contributed by atoms with Crippen molar-refractivity contribution in [2.75, 3.05) is 13.1 Å². The molecular formula is C13H27ClN2O2. The van der Waals surface area contributed by atoms with Crippen molar-refractivity contribution in [3.8, 4) is 0 Å². The quantitative estimate of drug-likeness (QED) is 0.689. The van der Waals surface area contributed by atoms with Gasteiger partial charge in [0.05, 0.1) is 11.6 Å². The van der Waals surface area contributed by atoms with E-state index < -0.39 is 11.6 Å². The molecule has 108 valence electrons. The molecule has 1 aliphatic heterocycles. The van der Waals surface area contributed by atoms with E-state index in [1.165, 1.54) is 0 Å². The number of aliphatic hydroxyl groups is 1. The summed E-state index contributed by atoms with van der Waals surface area (Å²) in [5.41, 5.74) is -0.437. The lowest BCUT2D eigenvalue weighted by molar-refractivity contribution is -0.127. The van der Waals surface area contributed by atoms with Gasteiger partial charge < -0.3 is 15.7 Å². The van der Waals surface area contributed by atoms with E-state index in [1.807, 2.05) is 6.92 Å². The summed E-state index contributed by atoms with van der Waals surface area (Å²) in [6.07, 6.45) is 3.38. The van der Waals surface area contributed by atoms with Crippen LogP contribution < -0.4 is 10.6 Å². The number of carbonyl (C=O) groups excluding carboxylic acids is 1. The summed E-state index contributed by atoms with van der Waals surface area (Å²) in [4.78, 5) is 12.0. The number of carbonyl (C=O) groups is 1. The van der Waals surface area contributed by atoms with Crippen LogP contribution in [0.1, 0.15) is 46.5 Å². The highest BCUT2D eigenvalue weighted by atomic mass is 35.5. The van der Waals surface area contributed by atoms with E-state index in [9.17, 15) is 9.90 Å². The Morgan fingerprint density at radius 1 is 1.44 bits per heavy atom. The van der Waals surface area contributed by atoms with Gasteiger partial charge in [-0.3, -0.25) is 4.79 Å². The molecule has 1 aliphatic rings. The van der Waals surface area contributed by atoms with Gasteiger partial charge in [0, 0.05) is 6.54 Å². The first-order valence-corrected chi connectivity index (χ1v) is 6.75. The highest BCUT2D eigenvalue weighted by Crippen LogP contribution is 2.18. The third-order valence-electron chi connectivity index (χ3n) is 3.93. The molecule has 18 heavy (non-hydrogen) atoms. The number of aliphatic hydroxyl groups excluding tert-OH is 1. The Morgan fingerprint density at radius 2 is 2.06 bits per heavy atom. The molecule has 1 amide bonds. The molecule has 0 aromatic carbocycles. The second kappa shape index (κ2) is 7.97. The summed E-state index contributed by atoms with van der Waals surface area (Å²) in [6, 6.07) is 0. The molecule has 5 heteroatoms. The van der Waals surface area contributed by atoms with Crippen LogP contribution in [0, 0.1) is 5.92 Å². The SMILES string of the molecule is CCC(CC)C(O)CNC(=O)C1(C)CCCN1.Cl. The first kappa shape index (κ1) is 17.7. The molecule has 4 nitrogen and oxygen atoms in total. The van der Waals surface area contributed by atoms with Crippen LogP contribution in [0.4, 0.5) is 0 Å². The predicted octanol–water partition coefficient (Wildman–Crippen LogP) is 1.46. The number of nitrogens with one attached hydrogen (secondary N) is 2. The summed E-state index contributed by atoms with van der Waals surface area (Å²) in [5, 5.41) is 16.0. The smallest absolute Gasteiger partial charge is 0.240 e. The van der Waals surface area contributed by atoms with E-state index in [-0.39, 0.29) is 24.2 Å². The van der Waals surface area contributed by atoms with E-state index in [2.05, 4.69) is 24.5 Å². The molecule has 0 aromatic rings. The highest BCUT2D eigenvalue weighted by molar-refractivity contribution is 5.86. The average molecular weight is 279 g/mol. The lowest BCUT2D eigenvalue weighted by Crippen LogP contribution is -2.52. The van der Waals surface area contributed by atoms with Gasteiger partial charge in [0.25, 0.3) is 0 Å². The van der Waals surface area contributed by atoms with Gasteiger partial charge in [-0.1, -0.05) is 26.7 Å². The summed E-state index contributed by atoms with van der Waals surface area (Å²) >= 11 is 0. The number of amides is 1. The summed E-state index contributed by atoms with van der Waals surface area (Å²) in [6.45, 7) is 7.33. The number of rotatable bonds is 6. The van der Waals surface area contributed by atoms with Crippen LogP contribution in [0.15, 0.2) is 0 Å². The van der Waals surface area contributed by atoms with E-state index in [4.69, 9.17) is 0 Å². The largest absolute Gasteiger partial charge is 0.391 e. The van der Waals surface area contributed by atoms with Gasteiger partial charge in [-0.15, -0.1) is 12.4 Å². The van der Waals surface area contributed by atoms with Crippen LogP contribution in [0.5, 0.6) is 0 Å². The minimum atomic E-state index is -0.437. The Labute approximate surface area is 116 Å². The Hall–Kier alpha value is -0.320. The lowest BCUT2D eigenvalue weighted by atomic mass is 9.95. The standard InChI is InChI=1S/C13H26N2O2.ClH/c1-4-10(5-2)11(16)9-14-12(17)13(3)7-6-8-15-13;/h10-11,15-16H,4-9H2,1-3H3,(H,14,17);1H. The van der Waals surface area contributed by atoms with Crippen LogP contribution in [0.25, 0.3) is 0 Å². The highest BCUT2D eigenvalue weighted by Gasteiger charge is 2.35. The van der Waals surface area contributed by atoms with Crippen molar-refractivity contribution in [1.82, 2.24) is 10.6 Å². The predicted molar refractivity (Wildman–Crippen MR) is 76.0 cm³/mol. The fraction of sp³-hybridized carbons (Fsp3) is 0.923. The third-order valence-corrected chi connectivity index (χ3v) is 3.93. The van der Waals surface area contributed by atoms with Crippen LogP contribution in [0.2, 0.25) is 0 Å². The lowest BCUT2D eigenvalue weighted by Gasteiger charge is -2.26. The molecule has 0 bridgehead atoms. The van der Waals surface area contributed by atoms with Crippen molar-refractivity contribution in [3.63, 3.8) is 0 Å². The van der Waals surface area contributed by atoms with Crippen molar-refractivity contribution in [3.05, 3.63) is 0 Å². The molecule has 1 fully saturated rings. The molecule has 0 aromatic heterocycles. The van der Waals surface area contributed by atoms with Crippen molar-refractivity contribution >= 4 is 18.3 Å². The Balaban J connectivity index is 0.00000289. The van der Waals surface area contributed by atoms with E-state index in [0.29, 0.717) is 6.54 Å². The molecule has 2 unspecified atom stereocenters. The zero-order valence-electron chi connectivity index (χ0n) is 11.7. The van der Waals surface area contributed by atoms with Crippen molar-refractivity contribution in [2.45, 2.75) is 58.1 Å². The van der Waals surface area contributed by atoms with Crippen LogP contribution in [-0.2, 0) is 4.79 Å². The molecule has 0 saturated carbocycles. The minimum absolute atomic E-state index is 0. The minimum Gasteiger partial charge on any atom is -0.391 e. The molecule has 2 atom stereocenters. The molecule has 0 spiro atoms. The zero-order valence-corrected chi connectivity index (χ0v) is 12.5. The first-order chi connectivity index (χ1) is 8.03. The molecule has 3 N–H and O–H groups in total. The second-order valence-corrected chi connectivity index (χ2v) is 5.22. The maximum Gasteiger partial charge on any atom is 0.240 e. The van der Waals surface area contributed by atoms with E-state index in [0.717, 1.165) is 32.2 Å². The fourth-order valence-electron chi connectivity index (χ4n) is 2.48. The van der Waals surface area contributed by atoms with Gasteiger partial charge in [0.15, 0.2) is 0 Å². The number of hydrogen-bond acceptors (Lipinski definition) is 3. The maximum atomic E-state index is 12.0. The molecular weight excluding hydrogens is 252 g/mol. The van der Waals surface area contributed by atoms with Crippen molar-refractivity contribution in [2.24, 2.45) is 5.92 Å². The van der Waals surface area contributed by atoms with Crippen LogP contribution >= 0.6 is 12.4 Å². The number of halogens is 1. The molecule has 0 radical (unpaired) electrons. The van der Waals surface area contributed by atoms with E-state index >= 15 is 0 Å². The summed E-state index contributed by atoms with van der Waals surface area (Å²) < 4.78 is 0. The van der Waals surface area contributed by atoms with Gasteiger partial charge in [-0.05, 0) is 32.2 Å². The first-order valence-electron chi connectivity index (χ1n) is 6.75. The molecule has 1 heterocycles. The topological polar surface area (TPSA) is 61.4 Å². The molecule has 1 rings (SSSR count). The second-order valence-electron chi connectivity index (χ2n) is 5.22. The summed E-state index contributed by atoms with van der Waals surface area (Å²) in [5.74, 6) is 0.291.